The monoisotopic (exact) mass is 284 g/mol. The molecule has 0 spiro atoms. The van der Waals surface area contributed by atoms with Crippen LogP contribution in [-0.2, 0) is 4.74 Å². The van der Waals surface area contributed by atoms with Crippen molar-refractivity contribution >= 4 is 0 Å². The molecule has 1 fully saturated rings. The second-order valence-corrected chi connectivity index (χ2v) is 7.50. The highest BCUT2D eigenvalue weighted by Gasteiger charge is 2.37. The van der Waals surface area contributed by atoms with E-state index in [0.29, 0.717) is 0 Å². The summed E-state index contributed by atoms with van der Waals surface area (Å²) in [6, 6.07) is 0. The molecule has 1 rings (SSSR count). The number of hydrogen-bond acceptors (Lipinski definition) is 3. The summed E-state index contributed by atoms with van der Waals surface area (Å²) in [7, 11) is 0. The predicted molar refractivity (Wildman–Crippen MR) is 87.3 cm³/mol. The molecule has 0 aliphatic carbocycles. The molecule has 20 heavy (non-hydrogen) atoms. The van der Waals surface area contributed by atoms with Crippen molar-refractivity contribution in [2.45, 2.75) is 77.9 Å². The van der Waals surface area contributed by atoms with Crippen LogP contribution >= 0.6 is 0 Å². The Kier molecular flexibility index (Phi) is 7.49. The fraction of sp³-hybridized carbons (Fsp3) is 1.00. The average molecular weight is 284 g/mol. The minimum atomic E-state index is -0.00811. The summed E-state index contributed by atoms with van der Waals surface area (Å²) in [5.41, 5.74) is -0.0162. The Labute approximate surface area is 126 Å². The fourth-order valence-corrected chi connectivity index (χ4v) is 3.34. The topological polar surface area (TPSA) is 24.5 Å². The highest BCUT2D eigenvalue weighted by Crippen LogP contribution is 2.28. The van der Waals surface area contributed by atoms with E-state index in [-0.39, 0.29) is 11.2 Å². The van der Waals surface area contributed by atoms with Crippen LogP contribution in [0.4, 0.5) is 0 Å². The van der Waals surface area contributed by atoms with Gasteiger partial charge >= 0.3 is 0 Å². The van der Waals surface area contributed by atoms with Gasteiger partial charge in [0.25, 0.3) is 0 Å². The molecule has 0 aromatic carbocycles. The molecule has 120 valence electrons. The van der Waals surface area contributed by atoms with Crippen LogP contribution in [0.5, 0.6) is 0 Å². The van der Waals surface area contributed by atoms with Crippen LogP contribution in [0, 0.1) is 0 Å². The highest BCUT2D eigenvalue weighted by molar-refractivity contribution is 4.88. The summed E-state index contributed by atoms with van der Waals surface area (Å²) in [6.45, 7) is 16.8. The van der Waals surface area contributed by atoms with Gasteiger partial charge in [0.1, 0.15) is 0 Å². The van der Waals surface area contributed by atoms with Crippen LogP contribution in [-0.4, -0.2) is 48.8 Å². The molecular weight excluding hydrogens is 248 g/mol. The number of rotatable bonds is 9. The van der Waals surface area contributed by atoms with Gasteiger partial charge in [0, 0.05) is 13.1 Å². The molecule has 1 aliphatic heterocycles. The van der Waals surface area contributed by atoms with Gasteiger partial charge in [-0.2, -0.15) is 0 Å². The Bertz CT molecular complexity index is 248. The molecular formula is C17H36N2O. The second-order valence-electron chi connectivity index (χ2n) is 7.50. The van der Waals surface area contributed by atoms with Crippen molar-refractivity contribution in [2.24, 2.45) is 0 Å². The van der Waals surface area contributed by atoms with E-state index in [9.17, 15) is 0 Å². The smallest absolute Gasteiger partial charge is 0.0760 e. The maximum atomic E-state index is 6.12. The third-order valence-electron chi connectivity index (χ3n) is 3.77. The lowest BCUT2D eigenvalue weighted by atomic mass is 9.98. The van der Waals surface area contributed by atoms with Crippen LogP contribution in [0.3, 0.4) is 0 Å². The lowest BCUT2D eigenvalue weighted by Crippen LogP contribution is -2.57. The van der Waals surface area contributed by atoms with Gasteiger partial charge in [-0.3, -0.25) is 4.90 Å². The minimum absolute atomic E-state index is 0.00811. The SMILES string of the molecule is CCCNCCCCCCN1CC(C)(C)OC(C)(C)C1. The third kappa shape index (κ3) is 7.61. The lowest BCUT2D eigenvalue weighted by molar-refractivity contribution is -0.180. The maximum Gasteiger partial charge on any atom is 0.0760 e. The molecule has 0 radical (unpaired) electrons. The summed E-state index contributed by atoms with van der Waals surface area (Å²) in [6.07, 6.45) is 6.59. The summed E-state index contributed by atoms with van der Waals surface area (Å²) in [5, 5.41) is 3.47. The van der Waals surface area contributed by atoms with E-state index in [4.69, 9.17) is 4.74 Å². The van der Waals surface area contributed by atoms with Gasteiger partial charge in [-0.25, -0.2) is 0 Å². The van der Waals surface area contributed by atoms with Gasteiger partial charge in [0.2, 0.25) is 0 Å². The Balaban J connectivity index is 2.09. The average Bonchev–Trinajstić information content (AvgIpc) is 2.28. The standard InChI is InChI=1S/C17H36N2O/c1-6-11-18-12-9-7-8-10-13-19-14-16(2,3)20-17(4,5)15-19/h18H,6-15H2,1-5H3. The Morgan fingerprint density at radius 1 is 0.900 bits per heavy atom. The van der Waals surface area contributed by atoms with Crippen LogP contribution < -0.4 is 5.32 Å². The first kappa shape index (κ1) is 17.9. The number of hydrogen-bond donors (Lipinski definition) is 1. The van der Waals surface area contributed by atoms with Gasteiger partial charge in [-0.15, -0.1) is 0 Å². The number of nitrogens with zero attached hydrogens (tertiary/aromatic N) is 1. The molecule has 0 atom stereocenters. The van der Waals surface area contributed by atoms with E-state index >= 15 is 0 Å². The molecule has 1 N–H and O–H groups in total. The quantitative estimate of drug-likeness (QED) is 0.656. The van der Waals surface area contributed by atoms with Gasteiger partial charge in [-0.05, 0) is 66.6 Å². The highest BCUT2D eigenvalue weighted by atomic mass is 16.5. The zero-order chi connectivity index (χ0) is 15.1. The molecule has 0 saturated carbocycles. The first-order chi connectivity index (χ1) is 9.35. The van der Waals surface area contributed by atoms with Gasteiger partial charge in [0.05, 0.1) is 11.2 Å². The van der Waals surface area contributed by atoms with Crippen LogP contribution in [0.15, 0.2) is 0 Å². The summed E-state index contributed by atoms with van der Waals surface area (Å²) in [4.78, 5) is 2.58. The number of ether oxygens (including phenoxy) is 1. The molecule has 0 aromatic rings. The normalized spacial score (nSPS) is 22.1. The Morgan fingerprint density at radius 3 is 2.10 bits per heavy atom. The van der Waals surface area contributed by atoms with Crippen molar-refractivity contribution in [2.75, 3.05) is 32.7 Å². The zero-order valence-electron chi connectivity index (χ0n) is 14.4. The summed E-state index contributed by atoms with van der Waals surface area (Å²) < 4.78 is 6.12. The van der Waals surface area contributed by atoms with E-state index in [1.807, 2.05) is 0 Å². The van der Waals surface area contributed by atoms with Crippen molar-refractivity contribution < 1.29 is 4.74 Å². The molecule has 1 heterocycles. The first-order valence-corrected chi connectivity index (χ1v) is 8.48. The van der Waals surface area contributed by atoms with Crippen LogP contribution in [0.25, 0.3) is 0 Å². The van der Waals surface area contributed by atoms with E-state index in [0.717, 1.165) is 19.6 Å². The molecule has 0 amide bonds. The van der Waals surface area contributed by atoms with Crippen molar-refractivity contribution in [3.63, 3.8) is 0 Å². The first-order valence-electron chi connectivity index (χ1n) is 8.48. The fourth-order valence-electron chi connectivity index (χ4n) is 3.34. The molecule has 0 aromatic heterocycles. The second kappa shape index (κ2) is 8.35. The molecule has 0 bridgehead atoms. The van der Waals surface area contributed by atoms with E-state index in [1.165, 1.54) is 45.2 Å². The van der Waals surface area contributed by atoms with E-state index in [1.54, 1.807) is 0 Å². The minimum Gasteiger partial charge on any atom is -0.367 e. The van der Waals surface area contributed by atoms with Gasteiger partial charge in [-0.1, -0.05) is 19.8 Å². The van der Waals surface area contributed by atoms with Crippen molar-refractivity contribution in [1.82, 2.24) is 10.2 Å². The van der Waals surface area contributed by atoms with Crippen molar-refractivity contribution in [3.05, 3.63) is 0 Å². The molecule has 1 aliphatic rings. The number of nitrogens with one attached hydrogen (secondary N) is 1. The Hall–Kier alpha value is -0.120. The molecule has 0 unspecified atom stereocenters. The largest absolute Gasteiger partial charge is 0.367 e. The number of morpholine rings is 1. The van der Waals surface area contributed by atoms with Gasteiger partial charge < -0.3 is 10.1 Å². The third-order valence-corrected chi connectivity index (χ3v) is 3.77. The van der Waals surface area contributed by atoms with E-state index in [2.05, 4.69) is 44.8 Å². The maximum absolute atomic E-state index is 6.12. The van der Waals surface area contributed by atoms with Crippen molar-refractivity contribution in [3.8, 4) is 0 Å². The Morgan fingerprint density at radius 2 is 1.50 bits per heavy atom. The van der Waals surface area contributed by atoms with E-state index < -0.39 is 0 Å². The predicted octanol–water partition coefficient (Wildman–Crippen LogP) is 3.44. The van der Waals surface area contributed by atoms with Crippen molar-refractivity contribution in [1.29, 1.82) is 0 Å². The molecule has 3 heteroatoms. The lowest BCUT2D eigenvalue weighted by Gasteiger charge is -2.47. The van der Waals surface area contributed by atoms with Gasteiger partial charge in [0.15, 0.2) is 0 Å². The number of unbranched alkanes of at least 4 members (excludes halogenated alkanes) is 3. The zero-order valence-corrected chi connectivity index (χ0v) is 14.4. The molecule has 3 nitrogen and oxygen atoms in total. The molecule has 1 saturated heterocycles. The summed E-state index contributed by atoms with van der Waals surface area (Å²) in [5.74, 6) is 0. The van der Waals surface area contributed by atoms with Crippen LogP contribution in [0.1, 0.15) is 66.7 Å². The summed E-state index contributed by atoms with van der Waals surface area (Å²) >= 11 is 0. The van der Waals surface area contributed by atoms with Crippen LogP contribution in [0.2, 0.25) is 0 Å².